The predicted molar refractivity (Wildman–Crippen MR) is 95.3 cm³/mol. The van der Waals surface area contributed by atoms with E-state index in [0.29, 0.717) is 24.3 Å². The van der Waals surface area contributed by atoms with Gasteiger partial charge in [0, 0.05) is 16.1 Å². The molecule has 2 aromatic rings. The third-order valence-electron chi connectivity index (χ3n) is 3.66. The maximum atomic E-state index is 11.2. The Morgan fingerprint density at radius 1 is 1.20 bits per heavy atom. The average Bonchev–Trinajstić information content (AvgIpc) is 3.04. The Bertz CT molecular complexity index is 778. The number of nitrogens with zero attached hydrogens (tertiary/aromatic N) is 1. The van der Waals surface area contributed by atoms with Crippen LogP contribution in [0.5, 0.6) is 5.75 Å². The fraction of sp³-hybridized carbons (Fsp3) is 0.222. The van der Waals surface area contributed by atoms with Gasteiger partial charge in [-0.3, -0.25) is 10.1 Å². The molecule has 0 saturated heterocycles. The summed E-state index contributed by atoms with van der Waals surface area (Å²) in [6, 6.07) is 14.5. The summed E-state index contributed by atoms with van der Waals surface area (Å²) in [5.74, 6) is 0.206. The van der Waals surface area contributed by atoms with Gasteiger partial charge < -0.3 is 14.2 Å². The van der Waals surface area contributed by atoms with Gasteiger partial charge in [-0.2, -0.15) is 0 Å². The first-order valence-electron chi connectivity index (χ1n) is 7.66. The number of rotatable bonds is 7. The van der Waals surface area contributed by atoms with E-state index in [1.54, 1.807) is 18.4 Å². The highest BCUT2D eigenvalue weighted by atomic mass is 79.9. The largest absolute Gasteiger partial charge is 0.497 e. The molecule has 1 heterocycles. The van der Waals surface area contributed by atoms with Crippen LogP contribution >= 0.6 is 15.9 Å². The lowest BCUT2D eigenvalue weighted by atomic mass is 10.2. The van der Waals surface area contributed by atoms with Crippen LogP contribution in [0.3, 0.4) is 0 Å². The predicted octanol–water partition coefficient (Wildman–Crippen LogP) is 4.24. The summed E-state index contributed by atoms with van der Waals surface area (Å²) in [7, 11) is 0. The molecule has 7 heteroatoms. The fourth-order valence-corrected chi connectivity index (χ4v) is 2.76. The van der Waals surface area contributed by atoms with E-state index in [0.717, 1.165) is 11.1 Å². The van der Waals surface area contributed by atoms with Crippen molar-refractivity contribution in [1.29, 1.82) is 0 Å². The van der Waals surface area contributed by atoms with Crippen LogP contribution in [0.1, 0.15) is 5.56 Å². The van der Waals surface area contributed by atoms with Crippen LogP contribution in [0, 0.1) is 10.1 Å². The number of ether oxygens (including phenoxy) is 3. The van der Waals surface area contributed by atoms with E-state index >= 15 is 0 Å². The van der Waals surface area contributed by atoms with E-state index in [4.69, 9.17) is 14.2 Å². The van der Waals surface area contributed by atoms with Gasteiger partial charge in [0.15, 0.2) is 11.9 Å². The SMILES string of the molecule is O=[N+]([O-])c1cc(Br)ccc1OC1COC=C1COCc1ccccc1. The lowest BCUT2D eigenvalue weighted by Gasteiger charge is -2.16. The summed E-state index contributed by atoms with van der Waals surface area (Å²) in [6.07, 6.45) is 1.19. The van der Waals surface area contributed by atoms with Gasteiger partial charge in [0.05, 0.1) is 24.4 Å². The van der Waals surface area contributed by atoms with E-state index in [-0.39, 0.29) is 11.4 Å². The summed E-state index contributed by atoms with van der Waals surface area (Å²) in [4.78, 5) is 10.7. The maximum Gasteiger partial charge on any atom is 0.312 e. The highest BCUT2D eigenvalue weighted by molar-refractivity contribution is 9.10. The average molecular weight is 406 g/mol. The van der Waals surface area contributed by atoms with Crippen molar-refractivity contribution in [2.45, 2.75) is 12.7 Å². The van der Waals surface area contributed by atoms with Gasteiger partial charge in [-0.25, -0.2) is 0 Å². The zero-order valence-electron chi connectivity index (χ0n) is 13.3. The Balaban J connectivity index is 1.61. The Morgan fingerprint density at radius 3 is 2.76 bits per heavy atom. The highest BCUT2D eigenvalue weighted by Crippen LogP contribution is 2.32. The quantitative estimate of drug-likeness (QED) is 0.508. The molecule has 0 amide bonds. The first-order chi connectivity index (χ1) is 12.1. The molecule has 6 nitrogen and oxygen atoms in total. The Labute approximate surface area is 153 Å². The van der Waals surface area contributed by atoms with Crippen LogP contribution in [-0.2, 0) is 16.1 Å². The Kier molecular flexibility index (Phi) is 5.67. The second-order valence-corrected chi connectivity index (χ2v) is 6.40. The minimum Gasteiger partial charge on any atom is -0.497 e. The Hall–Kier alpha value is -2.38. The normalized spacial score (nSPS) is 16.2. The molecule has 3 rings (SSSR count). The van der Waals surface area contributed by atoms with Crippen molar-refractivity contribution < 1.29 is 19.1 Å². The molecule has 0 radical (unpaired) electrons. The molecule has 1 unspecified atom stereocenters. The van der Waals surface area contributed by atoms with Crippen LogP contribution in [0.15, 0.2) is 64.8 Å². The highest BCUT2D eigenvalue weighted by Gasteiger charge is 2.26. The van der Waals surface area contributed by atoms with E-state index in [2.05, 4.69) is 15.9 Å². The molecule has 0 aliphatic carbocycles. The molecule has 1 aliphatic rings. The molecule has 1 atom stereocenters. The van der Waals surface area contributed by atoms with Crippen molar-refractivity contribution in [3.8, 4) is 5.75 Å². The van der Waals surface area contributed by atoms with E-state index in [1.807, 2.05) is 30.3 Å². The van der Waals surface area contributed by atoms with Gasteiger partial charge in [0.1, 0.15) is 6.61 Å². The van der Waals surface area contributed by atoms with Crippen LogP contribution in [0.25, 0.3) is 0 Å². The van der Waals surface area contributed by atoms with Gasteiger partial charge in [-0.1, -0.05) is 46.3 Å². The molecule has 130 valence electrons. The van der Waals surface area contributed by atoms with Crippen molar-refractivity contribution in [2.75, 3.05) is 13.2 Å². The zero-order chi connectivity index (χ0) is 17.6. The standard InChI is InChI=1S/C18H16BrNO5/c19-15-6-7-17(16(8-15)20(21)22)25-18-12-24-11-14(18)10-23-9-13-4-2-1-3-5-13/h1-8,11,18H,9-10,12H2. The van der Waals surface area contributed by atoms with Crippen LogP contribution in [-0.4, -0.2) is 24.2 Å². The van der Waals surface area contributed by atoms with Gasteiger partial charge in [0.25, 0.3) is 0 Å². The van der Waals surface area contributed by atoms with Gasteiger partial charge in [-0.05, 0) is 17.7 Å². The van der Waals surface area contributed by atoms with Crippen molar-refractivity contribution in [2.24, 2.45) is 0 Å². The number of hydrogen-bond donors (Lipinski definition) is 0. The van der Waals surface area contributed by atoms with Gasteiger partial charge in [0.2, 0.25) is 0 Å². The second kappa shape index (κ2) is 8.13. The van der Waals surface area contributed by atoms with Crippen molar-refractivity contribution >= 4 is 21.6 Å². The number of nitro groups is 1. The van der Waals surface area contributed by atoms with Crippen molar-refractivity contribution in [1.82, 2.24) is 0 Å². The zero-order valence-corrected chi connectivity index (χ0v) is 14.8. The second-order valence-electron chi connectivity index (χ2n) is 5.48. The molecule has 0 bridgehead atoms. The topological polar surface area (TPSA) is 70.8 Å². The fourth-order valence-electron chi connectivity index (χ4n) is 2.41. The van der Waals surface area contributed by atoms with Gasteiger partial charge in [-0.15, -0.1) is 0 Å². The smallest absolute Gasteiger partial charge is 0.312 e. The molecule has 25 heavy (non-hydrogen) atoms. The van der Waals surface area contributed by atoms with Crippen LogP contribution in [0.2, 0.25) is 0 Å². The first kappa shape index (κ1) is 17.4. The minimum atomic E-state index is -0.467. The van der Waals surface area contributed by atoms with Crippen molar-refractivity contribution in [3.05, 3.63) is 80.5 Å². The number of hydrogen-bond acceptors (Lipinski definition) is 5. The minimum absolute atomic E-state index is 0.0918. The molecule has 0 aromatic heterocycles. The molecule has 0 saturated carbocycles. The lowest BCUT2D eigenvalue weighted by molar-refractivity contribution is -0.386. The lowest BCUT2D eigenvalue weighted by Crippen LogP contribution is -2.23. The summed E-state index contributed by atoms with van der Waals surface area (Å²) < 4.78 is 17.4. The third-order valence-corrected chi connectivity index (χ3v) is 4.16. The van der Waals surface area contributed by atoms with Crippen LogP contribution in [0.4, 0.5) is 5.69 Å². The Morgan fingerprint density at radius 2 is 2.00 bits per heavy atom. The van der Waals surface area contributed by atoms with Gasteiger partial charge >= 0.3 is 5.69 Å². The monoisotopic (exact) mass is 405 g/mol. The van der Waals surface area contributed by atoms with Crippen LogP contribution < -0.4 is 4.74 Å². The van der Waals surface area contributed by atoms with E-state index in [1.165, 1.54) is 6.07 Å². The molecule has 0 fully saturated rings. The molecule has 0 N–H and O–H groups in total. The first-order valence-corrected chi connectivity index (χ1v) is 8.45. The summed E-state index contributed by atoms with van der Waals surface area (Å²) in [6.45, 7) is 1.12. The van der Waals surface area contributed by atoms with E-state index in [9.17, 15) is 10.1 Å². The number of halogens is 1. The van der Waals surface area contributed by atoms with E-state index < -0.39 is 11.0 Å². The number of benzene rings is 2. The van der Waals surface area contributed by atoms with Crippen molar-refractivity contribution in [3.63, 3.8) is 0 Å². The molecular weight excluding hydrogens is 390 g/mol. The molecular formula is C18H16BrNO5. The molecule has 0 spiro atoms. The number of nitro benzene ring substituents is 1. The summed E-state index contributed by atoms with van der Waals surface area (Å²) in [5.41, 5.74) is 1.79. The maximum absolute atomic E-state index is 11.2. The molecule has 2 aromatic carbocycles. The molecule has 1 aliphatic heterocycles. The summed E-state index contributed by atoms with van der Waals surface area (Å²) >= 11 is 3.23. The summed E-state index contributed by atoms with van der Waals surface area (Å²) in [5, 5.41) is 11.2. The third kappa shape index (κ3) is 4.58.